The van der Waals surface area contributed by atoms with E-state index in [4.69, 9.17) is 5.73 Å². The summed E-state index contributed by atoms with van der Waals surface area (Å²) in [6.45, 7) is 0. The summed E-state index contributed by atoms with van der Waals surface area (Å²) in [7, 11) is 0. The van der Waals surface area contributed by atoms with E-state index in [9.17, 15) is 13.2 Å². The molecule has 94 valence electrons. The van der Waals surface area contributed by atoms with Crippen molar-refractivity contribution in [2.45, 2.75) is 16.2 Å². The number of nitrogens with zero attached hydrogens (tertiary/aromatic N) is 2. The molecule has 0 aromatic carbocycles. The maximum Gasteiger partial charge on any atom is 0.417 e. The van der Waals surface area contributed by atoms with Crippen LogP contribution in [0.4, 0.5) is 18.9 Å². The van der Waals surface area contributed by atoms with E-state index in [1.165, 1.54) is 24.0 Å². The maximum atomic E-state index is 12.3. The van der Waals surface area contributed by atoms with E-state index in [0.717, 1.165) is 12.3 Å². The Morgan fingerprint density at radius 3 is 2.00 bits per heavy atom. The Kier molecular flexibility index (Phi) is 3.42. The molecule has 0 radical (unpaired) electrons. The molecule has 0 aliphatic carbocycles. The third-order valence-electron chi connectivity index (χ3n) is 2.03. The first-order chi connectivity index (χ1) is 8.45. The molecule has 0 aliphatic rings. The molecule has 2 aromatic heterocycles. The van der Waals surface area contributed by atoms with E-state index in [0.29, 0.717) is 15.7 Å². The number of rotatable bonds is 2. The van der Waals surface area contributed by atoms with Gasteiger partial charge >= 0.3 is 6.18 Å². The lowest BCUT2D eigenvalue weighted by Crippen LogP contribution is -2.05. The lowest BCUT2D eigenvalue weighted by Gasteiger charge is -2.06. The molecule has 2 N–H and O–H groups in total. The van der Waals surface area contributed by atoms with E-state index < -0.39 is 11.7 Å². The Morgan fingerprint density at radius 2 is 1.56 bits per heavy atom. The molecule has 0 bridgehead atoms. The summed E-state index contributed by atoms with van der Waals surface area (Å²) >= 11 is 1.17. The van der Waals surface area contributed by atoms with Crippen LogP contribution in [0, 0.1) is 0 Å². The molecular weight excluding hydrogens is 263 g/mol. The van der Waals surface area contributed by atoms with Crippen LogP contribution < -0.4 is 5.73 Å². The third kappa shape index (κ3) is 3.13. The number of pyridine rings is 2. The second kappa shape index (κ2) is 4.85. The number of anilines is 1. The van der Waals surface area contributed by atoms with Gasteiger partial charge in [-0.2, -0.15) is 13.2 Å². The zero-order chi connectivity index (χ0) is 13.2. The number of alkyl halides is 3. The Labute approximate surface area is 105 Å². The minimum atomic E-state index is -4.37. The first-order valence-corrected chi connectivity index (χ1v) is 5.69. The van der Waals surface area contributed by atoms with E-state index in [2.05, 4.69) is 9.97 Å². The average Bonchev–Trinajstić information content (AvgIpc) is 2.32. The predicted molar refractivity (Wildman–Crippen MR) is 62.0 cm³/mol. The molecule has 0 amide bonds. The molecule has 0 aliphatic heterocycles. The lowest BCUT2D eigenvalue weighted by atomic mass is 10.3. The van der Waals surface area contributed by atoms with Crippen LogP contribution in [0.2, 0.25) is 0 Å². The molecule has 2 rings (SSSR count). The van der Waals surface area contributed by atoms with Gasteiger partial charge in [-0.15, -0.1) is 0 Å². The molecular formula is C11H8F3N3S. The van der Waals surface area contributed by atoms with E-state index in [1.807, 2.05) is 0 Å². The molecule has 0 unspecified atom stereocenters. The molecule has 18 heavy (non-hydrogen) atoms. The molecule has 0 saturated carbocycles. The Morgan fingerprint density at radius 1 is 0.944 bits per heavy atom. The number of halogens is 3. The van der Waals surface area contributed by atoms with Crippen molar-refractivity contribution in [3.8, 4) is 0 Å². The number of nitrogen functional groups attached to an aromatic ring is 1. The van der Waals surface area contributed by atoms with Crippen molar-refractivity contribution in [3.05, 3.63) is 42.2 Å². The highest BCUT2D eigenvalue weighted by Gasteiger charge is 2.30. The van der Waals surface area contributed by atoms with Crippen molar-refractivity contribution in [2.24, 2.45) is 0 Å². The summed E-state index contributed by atoms with van der Waals surface area (Å²) in [5, 5.41) is 1.07. The summed E-state index contributed by atoms with van der Waals surface area (Å²) in [4.78, 5) is 7.76. The van der Waals surface area contributed by atoms with Gasteiger partial charge < -0.3 is 5.73 Å². The Bertz CT molecular complexity index is 523. The number of hydrogen-bond acceptors (Lipinski definition) is 4. The number of aromatic nitrogens is 2. The number of hydrogen-bond donors (Lipinski definition) is 1. The minimum absolute atomic E-state index is 0.445. The molecule has 7 heteroatoms. The number of nitrogens with two attached hydrogens (primary N) is 1. The standard InChI is InChI=1S/C11H8F3N3S/c12-11(13,14)7-1-3-9(16-5-7)18-10-4-2-8(15)6-17-10/h1-6H,15H2. The van der Waals surface area contributed by atoms with Crippen LogP contribution in [0.5, 0.6) is 0 Å². The highest BCUT2D eigenvalue weighted by Crippen LogP contribution is 2.30. The van der Waals surface area contributed by atoms with Crippen LogP contribution in [-0.2, 0) is 6.18 Å². The fourth-order valence-corrected chi connectivity index (χ4v) is 1.86. The Hall–Kier alpha value is -1.76. The van der Waals surface area contributed by atoms with E-state index in [-0.39, 0.29) is 0 Å². The van der Waals surface area contributed by atoms with Crippen LogP contribution in [0.25, 0.3) is 0 Å². The quantitative estimate of drug-likeness (QED) is 0.911. The summed E-state index contributed by atoms with van der Waals surface area (Å²) in [6.07, 6.45) is -2.08. The third-order valence-corrected chi connectivity index (χ3v) is 2.93. The topological polar surface area (TPSA) is 51.8 Å². The summed E-state index contributed by atoms with van der Waals surface area (Å²) in [5.41, 5.74) is 5.24. The van der Waals surface area contributed by atoms with Gasteiger partial charge in [-0.1, -0.05) is 11.8 Å². The van der Waals surface area contributed by atoms with Crippen molar-refractivity contribution in [3.63, 3.8) is 0 Å². The van der Waals surface area contributed by atoms with Gasteiger partial charge in [0.1, 0.15) is 10.1 Å². The lowest BCUT2D eigenvalue weighted by molar-refractivity contribution is -0.137. The SMILES string of the molecule is Nc1ccc(Sc2ccc(C(F)(F)F)cn2)nc1. The van der Waals surface area contributed by atoms with Gasteiger partial charge in [0.2, 0.25) is 0 Å². The van der Waals surface area contributed by atoms with Gasteiger partial charge in [-0.05, 0) is 24.3 Å². The van der Waals surface area contributed by atoms with Gasteiger partial charge in [0, 0.05) is 6.20 Å². The largest absolute Gasteiger partial charge is 0.417 e. The first kappa shape index (κ1) is 12.7. The highest BCUT2D eigenvalue weighted by molar-refractivity contribution is 7.99. The first-order valence-electron chi connectivity index (χ1n) is 4.88. The molecule has 0 fully saturated rings. The summed E-state index contributed by atoms with van der Waals surface area (Å²) in [6, 6.07) is 5.65. The van der Waals surface area contributed by atoms with Crippen molar-refractivity contribution in [2.75, 3.05) is 5.73 Å². The van der Waals surface area contributed by atoms with Crippen molar-refractivity contribution < 1.29 is 13.2 Å². The normalized spacial score (nSPS) is 11.5. The minimum Gasteiger partial charge on any atom is -0.397 e. The van der Waals surface area contributed by atoms with Crippen LogP contribution in [-0.4, -0.2) is 9.97 Å². The molecule has 2 aromatic rings. The van der Waals surface area contributed by atoms with Crippen molar-refractivity contribution >= 4 is 17.4 Å². The summed E-state index contributed by atoms with van der Waals surface area (Å²) < 4.78 is 37.0. The fourth-order valence-electron chi connectivity index (χ4n) is 1.17. The second-order valence-electron chi connectivity index (χ2n) is 3.41. The molecule has 3 nitrogen and oxygen atoms in total. The molecule has 0 saturated heterocycles. The summed E-state index contributed by atoms with van der Waals surface area (Å²) in [5.74, 6) is 0. The van der Waals surface area contributed by atoms with Gasteiger partial charge in [0.15, 0.2) is 0 Å². The molecule has 2 heterocycles. The van der Waals surface area contributed by atoms with Gasteiger partial charge in [-0.25, -0.2) is 9.97 Å². The smallest absolute Gasteiger partial charge is 0.397 e. The zero-order valence-electron chi connectivity index (χ0n) is 8.98. The zero-order valence-corrected chi connectivity index (χ0v) is 9.79. The maximum absolute atomic E-state index is 12.3. The highest BCUT2D eigenvalue weighted by atomic mass is 32.2. The van der Waals surface area contributed by atoms with Gasteiger partial charge in [-0.3, -0.25) is 0 Å². The van der Waals surface area contributed by atoms with E-state index in [1.54, 1.807) is 12.1 Å². The fraction of sp³-hybridized carbons (Fsp3) is 0.0909. The molecule has 0 spiro atoms. The van der Waals surface area contributed by atoms with Gasteiger partial charge in [0.25, 0.3) is 0 Å². The average molecular weight is 271 g/mol. The second-order valence-corrected chi connectivity index (χ2v) is 4.46. The van der Waals surface area contributed by atoms with Crippen molar-refractivity contribution in [1.82, 2.24) is 9.97 Å². The van der Waals surface area contributed by atoms with Crippen molar-refractivity contribution in [1.29, 1.82) is 0 Å². The monoisotopic (exact) mass is 271 g/mol. The van der Waals surface area contributed by atoms with Crippen LogP contribution in [0.15, 0.2) is 46.7 Å². The van der Waals surface area contributed by atoms with E-state index >= 15 is 0 Å². The van der Waals surface area contributed by atoms with Gasteiger partial charge in [0.05, 0.1) is 17.4 Å². The predicted octanol–water partition coefficient (Wildman–Crippen LogP) is 3.23. The Balaban J connectivity index is 2.13. The van der Waals surface area contributed by atoms with Crippen LogP contribution >= 0.6 is 11.8 Å². The molecule has 0 atom stereocenters. The van der Waals surface area contributed by atoms with Crippen LogP contribution in [0.3, 0.4) is 0 Å². The van der Waals surface area contributed by atoms with Crippen LogP contribution in [0.1, 0.15) is 5.56 Å².